The summed E-state index contributed by atoms with van der Waals surface area (Å²) in [7, 11) is 1.66. The number of nitrogens with zero attached hydrogens (tertiary/aromatic N) is 1. The molecule has 1 fully saturated rings. The van der Waals surface area contributed by atoms with Gasteiger partial charge in [0.2, 0.25) is 5.91 Å². The summed E-state index contributed by atoms with van der Waals surface area (Å²) in [5, 5.41) is 2.88. The summed E-state index contributed by atoms with van der Waals surface area (Å²) >= 11 is 0. The molecule has 1 aliphatic rings. The summed E-state index contributed by atoms with van der Waals surface area (Å²) < 4.78 is 10.1. The Kier molecular flexibility index (Phi) is 7.36. The second-order valence-electron chi connectivity index (χ2n) is 5.27. The maximum absolute atomic E-state index is 12.1. The van der Waals surface area contributed by atoms with Gasteiger partial charge in [-0.2, -0.15) is 0 Å². The van der Waals surface area contributed by atoms with Gasteiger partial charge in [0.15, 0.2) is 0 Å². The van der Waals surface area contributed by atoms with Gasteiger partial charge in [0.25, 0.3) is 0 Å². The molecular weight excluding hydrogens is 260 g/mol. The molecule has 20 heavy (non-hydrogen) atoms. The molecule has 1 N–H and O–H groups in total. The number of carbonyl (C=O) groups is 2. The van der Waals surface area contributed by atoms with Crippen LogP contribution in [0.25, 0.3) is 0 Å². The van der Waals surface area contributed by atoms with Crippen molar-refractivity contribution in [1.82, 2.24) is 10.2 Å². The van der Waals surface area contributed by atoms with Gasteiger partial charge < -0.3 is 14.8 Å². The number of ether oxygens (including phenoxy) is 2. The van der Waals surface area contributed by atoms with Gasteiger partial charge in [-0.15, -0.1) is 0 Å². The van der Waals surface area contributed by atoms with Crippen LogP contribution in [0, 0.1) is 0 Å². The third kappa shape index (κ3) is 5.36. The SMILES string of the molecule is COCCCCNC(=O)[C@@H]1CCCN1C(=O)OC(C)C. The molecule has 0 spiro atoms. The van der Waals surface area contributed by atoms with Crippen LogP contribution >= 0.6 is 0 Å². The molecule has 2 amide bonds. The Morgan fingerprint density at radius 1 is 1.35 bits per heavy atom. The summed E-state index contributed by atoms with van der Waals surface area (Å²) in [6.45, 7) is 5.52. The van der Waals surface area contributed by atoms with Gasteiger partial charge in [-0.3, -0.25) is 9.69 Å². The van der Waals surface area contributed by atoms with Crippen molar-refractivity contribution in [2.75, 3.05) is 26.8 Å². The first kappa shape index (κ1) is 16.8. The van der Waals surface area contributed by atoms with Gasteiger partial charge >= 0.3 is 6.09 Å². The van der Waals surface area contributed by atoms with Gasteiger partial charge in [-0.1, -0.05) is 0 Å². The summed E-state index contributed by atoms with van der Waals surface area (Å²) in [4.78, 5) is 25.5. The van der Waals surface area contributed by atoms with Crippen LogP contribution in [0.5, 0.6) is 0 Å². The summed E-state index contributed by atoms with van der Waals surface area (Å²) in [6, 6.07) is -0.385. The average Bonchev–Trinajstić information content (AvgIpc) is 2.86. The molecule has 0 aromatic carbocycles. The van der Waals surface area contributed by atoms with Gasteiger partial charge in [0.05, 0.1) is 6.10 Å². The standard InChI is InChI=1S/C14H26N2O4/c1-11(2)20-14(18)16-9-6-7-12(16)13(17)15-8-4-5-10-19-3/h11-12H,4-10H2,1-3H3,(H,15,17)/t12-/m0/s1. The second kappa shape index (κ2) is 8.79. The van der Waals surface area contributed by atoms with Crippen LogP contribution in [0.3, 0.4) is 0 Å². The van der Waals surface area contributed by atoms with Gasteiger partial charge in [-0.05, 0) is 39.5 Å². The Hall–Kier alpha value is -1.30. The molecule has 0 unspecified atom stereocenters. The van der Waals surface area contributed by atoms with E-state index in [1.54, 1.807) is 21.0 Å². The molecule has 1 atom stereocenters. The van der Waals surface area contributed by atoms with E-state index in [1.165, 1.54) is 4.90 Å². The lowest BCUT2D eigenvalue weighted by molar-refractivity contribution is -0.125. The third-order valence-electron chi connectivity index (χ3n) is 3.20. The average molecular weight is 286 g/mol. The van der Waals surface area contributed by atoms with Crippen molar-refractivity contribution in [1.29, 1.82) is 0 Å². The van der Waals surface area contributed by atoms with Crippen LogP contribution in [-0.4, -0.2) is 55.9 Å². The molecule has 1 rings (SSSR count). The quantitative estimate of drug-likeness (QED) is 0.721. The minimum atomic E-state index is -0.392. The Morgan fingerprint density at radius 2 is 2.10 bits per heavy atom. The molecule has 6 heteroatoms. The number of methoxy groups -OCH3 is 1. The highest BCUT2D eigenvalue weighted by molar-refractivity contribution is 5.86. The molecule has 0 aromatic heterocycles. The Balaban J connectivity index is 2.36. The largest absolute Gasteiger partial charge is 0.447 e. The topological polar surface area (TPSA) is 67.9 Å². The predicted molar refractivity (Wildman–Crippen MR) is 75.5 cm³/mol. The van der Waals surface area contributed by atoms with Gasteiger partial charge in [-0.25, -0.2) is 4.79 Å². The van der Waals surface area contributed by atoms with Crippen molar-refractivity contribution in [3.05, 3.63) is 0 Å². The van der Waals surface area contributed by atoms with E-state index in [0.717, 1.165) is 19.3 Å². The van der Waals surface area contributed by atoms with Crippen LogP contribution in [0.1, 0.15) is 39.5 Å². The number of carbonyl (C=O) groups excluding carboxylic acids is 2. The van der Waals surface area contributed by atoms with Crippen molar-refractivity contribution in [3.8, 4) is 0 Å². The maximum atomic E-state index is 12.1. The zero-order valence-corrected chi connectivity index (χ0v) is 12.7. The highest BCUT2D eigenvalue weighted by Gasteiger charge is 2.35. The number of unbranched alkanes of at least 4 members (excludes halogenated alkanes) is 1. The predicted octanol–water partition coefficient (Wildman–Crippen LogP) is 1.54. The maximum Gasteiger partial charge on any atom is 0.410 e. The minimum Gasteiger partial charge on any atom is -0.447 e. The fourth-order valence-corrected chi connectivity index (χ4v) is 2.23. The van der Waals surface area contributed by atoms with E-state index in [1.807, 2.05) is 0 Å². The molecule has 1 saturated heterocycles. The highest BCUT2D eigenvalue weighted by Crippen LogP contribution is 2.19. The monoisotopic (exact) mass is 286 g/mol. The van der Waals surface area contributed by atoms with Crippen molar-refractivity contribution < 1.29 is 19.1 Å². The molecule has 6 nitrogen and oxygen atoms in total. The summed E-state index contributed by atoms with van der Waals surface area (Å²) in [5.41, 5.74) is 0. The van der Waals surface area contributed by atoms with Crippen molar-refractivity contribution in [2.24, 2.45) is 0 Å². The molecule has 0 saturated carbocycles. The van der Waals surface area contributed by atoms with Crippen LogP contribution in [0.2, 0.25) is 0 Å². The highest BCUT2D eigenvalue weighted by atomic mass is 16.6. The van der Waals surface area contributed by atoms with Crippen LogP contribution in [0.4, 0.5) is 4.79 Å². The number of nitrogens with one attached hydrogen (secondary N) is 1. The Morgan fingerprint density at radius 3 is 2.75 bits per heavy atom. The first-order valence-corrected chi connectivity index (χ1v) is 7.30. The lowest BCUT2D eigenvalue weighted by atomic mass is 10.2. The molecule has 0 aromatic rings. The van der Waals surface area contributed by atoms with Crippen LogP contribution in [-0.2, 0) is 14.3 Å². The van der Waals surface area contributed by atoms with E-state index in [2.05, 4.69) is 5.32 Å². The first-order valence-electron chi connectivity index (χ1n) is 7.30. The third-order valence-corrected chi connectivity index (χ3v) is 3.20. The van der Waals surface area contributed by atoms with Gasteiger partial charge in [0, 0.05) is 26.8 Å². The van der Waals surface area contributed by atoms with Crippen molar-refractivity contribution in [2.45, 2.75) is 51.7 Å². The van der Waals surface area contributed by atoms with E-state index in [0.29, 0.717) is 26.1 Å². The second-order valence-corrected chi connectivity index (χ2v) is 5.27. The smallest absolute Gasteiger partial charge is 0.410 e. The zero-order chi connectivity index (χ0) is 15.0. The molecule has 0 bridgehead atoms. The normalized spacial score (nSPS) is 18.4. The van der Waals surface area contributed by atoms with E-state index < -0.39 is 6.09 Å². The van der Waals surface area contributed by atoms with Crippen molar-refractivity contribution >= 4 is 12.0 Å². The molecule has 116 valence electrons. The van der Waals surface area contributed by atoms with E-state index in [9.17, 15) is 9.59 Å². The van der Waals surface area contributed by atoms with E-state index >= 15 is 0 Å². The molecule has 1 heterocycles. The molecule has 1 aliphatic heterocycles. The summed E-state index contributed by atoms with van der Waals surface area (Å²) in [5.74, 6) is -0.0828. The number of hydrogen-bond donors (Lipinski definition) is 1. The number of hydrogen-bond acceptors (Lipinski definition) is 4. The molecule has 0 radical (unpaired) electrons. The molecular formula is C14H26N2O4. The zero-order valence-electron chi connectivity index (χ0n) is 12.7. The number of rotatable bonds is 7. The Bertz CT molecular complexity index is 320. The van der Waals surface area contributed by atoms with Crippen LogP contribution in [0.15, 0.2) is 0 Å². The first-order chi connectivity index (χ1) is 9.56. The summed E-state index contributed by atoms with van der Waals surface area (Å²) in [6.07, 6.45) is 2.79. The van der Waals surface area contributed by atoms with E-state index in [4.69, 9.17) is 9.47 Å². The molecule has 0 aliphatic carbocycles. The van der Waals surface area contributed by atoms with Gasteiger partial charge in [0.1, 0.15) is 6.04 Å². The number of amides is 2. The number of likely N-dealkylation sites (tertiary alicyclic amines) is 1. The van der Waals surface area contributed by atoms with Crippen molar-refractivity contribution in [3.63, 3.8) is 0 Å². The van der Waals surface area contributed by atoms with Crippen LogP contribution < -0.4 is 5.32 Å². The fourth-order valence-electron chi connectivity index (χ4n) is 2.23. The lowest BCUT2D eigenvalue weighted by Crippen LogP contribution is -2.46. The minimum absolute atomic E-state index is 0.0828. The fraction of sp³-hybridized carbons (Fsp3) is 0.857. The lowest BCUT2D eigenvalue weighted by Gasteiger charge is -2.24. The Labute approximate surface area is 120 Å². The van der Waals surface area contributed by atoms with E-state index in [-0.39, 0.29) is 18.1 Å².